The average Bonchev–Trinajstić information content (AvgIpc) is 1.54. The molecule has 0 aromatic carbocycles. The quantitative estimate of drug-likeness (QED) is 0.394. The van der Waals surface area contributed by atoms with Gasteiger partial charge in [-0.25, -0.2) is 0 Å². The molecule has 78 valence electrons. The predicted octanol–water partition coefficient (Wildman–Crippen LogP) is -0.672. The second-order valence-electron chi connectivity index (χ2n) is 0.957. The molecule has 0 aromatic heterocycles. The molecule has 0 radical (unpaired) electrons. The van der Waals surface area contributed by atoms with Gasteiger partial charge in [-0.3, -0.25) is 0 Å². The third kappa shape index (κ3) is 2150. The van der Waals surface area contributed by atoms with Crippen LogP contribution >= 0.6 is 36.7 Å². The number of rotatable bonds is 0. The van der Waals surface area contributed by atoms with Gasteiger partial charge in [0.25, 0.3) is 0 Å². The summed E-state index contributed by atoms with van der Waals surface area (Å²) in [6.45, 7) is 0. The second-order valence-corrected chi connectivity index (χ2v) is 4.37. The van der Waals surface area contributed by atoms with E-state index < -0.39 is 0 Å². The largest absolute Gasteiger partial charge is 3.00 e. The Kier molecular flexibility index (Phi) is 33.7. The van der Waals surface area contributed by atoms with Gasteiger partial charge in [-0.2, -0.15) is 0 Å². The first-order chi connectivity index (χ1) is 5.20. The predicted molar refractivity (Wildman–Crippen MR) is 72.5 cm³/mol. The van der Waals surface area contributed by atoms with Crippen molar-refractivity contribution in [1.29, 1.82) is 0 Å². The molecule has 0 saturated heterocycles. The molecule has 0 aliphatic carbocycles. The Hall–Kier alpha value is 0.836. The fraction of sp³-hybridized carbons (Fsp3) is 0. The zero-order valence-corrected chi connectivity index (χ0v) is 12.0. The third-order valence-electron chi connectivity index (χ3n) is 0. The SMILES string of the molecule is NC(=S)[S-].NC(=S)[S-].NC(=S)[S-].[Co+3]. The molecule has 0 spiro atoms. The molecule has 0 aliphatic heterocycles. The Bertz CT molecular complexity index is 121. The Balaban J connectivity index is -0.0000000450. The molecule has 0 fully saturated rings. The van der Waals surface area contributed by atoms with E-state index in [0.717, 1.165) is 0 Å². The molecule has 0 saturated carbocycles. The Morgan fingerprint density at radius 2 is 0.692 bits per heavy atom. The van der Waals surface area contributed by atoms with E-state index in [1.54, 1.807) is 0 Å². The molecular formula is C3H6CoN3S6. The van der Waals surface area contributed by atoms with Gasteiger partial charge >= 0.3 is 16.8 Å². The Morgan fingerprint density at radius 1 is 0.692 bits per heavy atom. The van der Waals surface area contributed by atoms with E-state index >= 15 is 0 Å². The molecule has 0 unspecified atom stereocenters. The Labute approximate surface area is 120 Å². The second kappa shape index (κ2) is 18.6. The van der Waals surface area contributed by atoms with Crippen molar-refractivity contribution in [2.45, 2.75) is 0 Å². The summed E-state index contributed by atoms with van der Waals surface area (Å²) in [5.74, 6) is 0. The van der Waals surface area contributed by atoms with Gasteiger partial charge < -0.3 is 91.7 Å². The van der Waals surface area contributed by atoms with Crippen molar-refractivity contribution in [1.82, 2.24) is 0 Å². The van der Waals surface area contributed by atoms with Gasteiger partial charge in [-0.1, -0.05) is 13.0 Å². The topological polar surface area (TPSA) is 78.1 Å². The fourth-order valence-electron chi connectivity index (χ4n) is 0. The third-order valence-corrected chi connectivity index (χ3v) is 0. The minimum atomic E-state index is 0. The van der Waals surface area contributed by atoms with Gasteiger partial charge in [0, 0.05) is 0 Å². The smallest absolute Gasteiger partial charge is 0.415 e. The first-order valence-corrected chi connectivity index (χ1v) is 4.54. The van der Waals surface area contributed by atoms with Crippen LogP contribution in [0.1, 0.15) is 0 Å². The summed E-state index contributed by atoms with van der Waals surface area (Å²) in [7, 11) is 0. The number of nitrogens with two attached hydrogens (primary N) is 3. The van der Waals surface area contributed by atoms with E-state index in [-0.39, 0.29) is 29.7 Å². The van der Waals surface area contributed by atoms with Crippen LogP contribution in [0, 0.1) is 0 Å². The summed E-state index contributed by atoms with van der Waals surface area (Å²) in [6, 6.07) is 0. The summed E-state index contributed by atoms with van der Waals surface area (Å²) in [4.78, 5) is 0. The van der Waals surface area contributed by atoms with Gasteiger partial charge in [0.2, 0.25) is 0 Å². The molecule has 0 bridgehead atoms. The van der Waals surface area contributed by atoms with E-state index in [1.807, 2.05) is 0 Å². The number of hydrogen-bond donors (Lipinski definition) is 3. The van der Waals surface area contributed by atoms with E-state index in [9.17, 15) is 0 Å². The fourth-order valence-corrected chi connectivity index (χ4v) is 0. The van der Waals surface area contributed by atoms with Crippen LogP contribution in [0.4, 0.5) is 0 Å². The molecule has 13 heavy (non-hydrogen) atoms. The van der Waals surface area contributed by atoms with Crippen molar-refractivity contribution in [3.63, 3.8) is 0 Å². The van der Waals surface area contributed by atoms with E-state index in [4.69, 9.17) is 0 Å². The summed E-state index contributed by atoms with van der Waals surface area (Å²) >= 11 is 24.8. The van der Waals surface area contributed by atoms with Gasteiger partial charge in [0.15, 0.2) is 0 Å². The van der Waals surface area contributed by atoms with Crippen LogP contribution < -0.4 is 17.2 Å². The molecule has 10 heteroatoms. The molecule has 0 heterocycles. The molecule has 0 aromatic rings. The Morgan fingerprint density at radius 3 is 0.692 bits per heavy atom. The molecule has 0 aliphatic rings. The summed E-state index contributed by atoms with van der Waals surface area (Å²) in [6.07, 6.45) is 0. The molecule has 0 atom stereocenters. The van der Waals surface area contributed by atoms with Crippen LogP contribution in [0.25, 0.3) is 0 Å². The molecular weight excluding hydrogens is 329 g/mol. The monoisotopic (exact) mass is 335 g/mol. The minimum Gasteiger partial charge on any atom is -0.415 e. The van der Waals surface area contributed by atoms with Crippen molar-refractivity contribution in [3.8, 4) is 0 Å². The minimum absolute atomic E-state index is 0. The summed E-state index contributed by atoms with van der Waals surface area (Å²) in [5, 5.41) is 0. The maximum Gasteiger partial charge on any atom is 3.00 e. The summed E-state index contributed by atoms with van der Waals surface area (Å²) in [5.41, 5.74) is 14.0. The molecule has 3 nitrogen and oxygen atoms in total. The zero-order valence-electron chi connectivity index (χ0n) is 6.01. The molecule has 0 amide bonds. The van der Waals surface area contributed by atoms with Gasteiger partial charge in [0.1, 0.15) is 0 Å². The van der Waals surface area contributed by atoms with Gasteiger partial charge in [-0.15, -0.1) is 0 Å². The first-order valence-electron chi connectivity index (χ1n) is 2.09. The number of thiocarbonyl (C=S) groups is 3. The standard InChI is InChI=1S/3CH3NS2.Co/c3*2-1(3)4;/h3*(H3,2,3,4);/q;;;+3/p-3. The first kappa shape index (κ1) is 23.6. The van der Waals surface area contributed by atoms with Crippen molar-refractivity contribution in [3.05, 3.63) is 0 Å². The maximum atomic E-state index is 4.66. The number of hydrogen-bond acceptors (Lipinski definition) is 6. The van der Waals surface area contributed by atoms with Crippen LogP contribution in [-0.2, 0) is 54.7 Å². The van der Waals surface area contributed by atoms with Crippen molar-refractivity contribution in [2.75, 3.05) is 0 Å². The van der Waals surface area contributed by atoms with Crippen LogP contribution in [0.2, 0.25) is 0 Å². The average molecular weight is 335 g/mol. The van der Waals surface area contributed by atoms with Gasteiger partial charge in [-0.05, 0) is 0 Å². The van der Waals surface area contributed by atoms with Gasteiger partial charge in [0.05, 0.1) is 0 Å². The summed E-state index contributed by atoms with van der Waals surface area (Å²) < 4.78 is 0.250. The van der Waals surface area contributed by atoms with Crippen molar-refractivity contribution < 1.29 is 16.8 Å². The van der Waals surface area contributed by atoms with Crippen molar-refractivity contribution >= 4 is 87.5 Å². The van der Waals surface area contributed by atoms with E-state index in [0.29, 0.717) is 0 Å². The van der Waals surface area contributed by atoms with Crippen LogP contribution in [-0.4, -0.2) is 13.0 Å². The van der Waals surface area contributed by atoms with Crippen LogP contribution in [0.5, 0.6) is 0 Å². The van der Waals surface area contributed by atoms with E-state index in [2.05, 4.69) is 91.7 Å². The van der Waals surface area contributed by atoms with E-state index in [1.165, 1.54) is 0 Å². The molecule has 0 rings (SSSR count). The maximum absolute atomic E-state index is 4.66. The molecule has 6 N–H and O–H groups in total. The zero-order chi connectivity index (χ0) is 10.7. The van der Waals surface area contributed by atoms with Crippen molar-refractivity contribution in [2.24, 2.45) is 17.2 Å². The van der Waals surface area contributed by atoms with Crippen LogP contribution in [0.3, 0.4) is 0 Å². The van der Waals surface area contributed by atoms with Crippen LogP contribution in [0.15, 0.2) is 0 Å². The normalized spacial score (nSPS) is 5.54.